The van der Waals surface area contributed by atoms with Crippen molar-refractivity contribution >= 4 is 5.97 Å². The number of esters is 1. The highest BCUT2D eigenvalue weighted by molar-refractivity contribution is 5.79. The lowest BCUT2D eigenvalue weighted by Gasteiger charge is -2.24. The monoisotopic (exact) mass is 275 g/mol. The molecular weight excluding hydrogens is 259 g/mol. The maximum atomic E-state index is 12.8. The molecule has 0 aromatic heterocycles. The van der Waals surface area contributed by atoms with Crippen molar-refractivity contribution in [3.63, 3.8) is 0 Å². The summed E-state index contributed by atoms with van der Waals surface area (Å²) in [6, 6.07) is 5.25. The van der Waals surface area contributed by atoms with E-state index in [0.29, 0.717) is 0 Å². The van der Waals surface area contributed by atoms with Crippen molar-refractivity contribution in [1.82, 2.24) is 5.32 Å². The standard InChI is InChI=1S/C13H16F3NO2/c1-12(2,11(18)19-3)17-8-9-6-4-5-7-10(9)13(14,15)16/h4-7,17H,8H2,1-3H3. The molecule has 0 heterocycles. The highest BCUT2D eigenvalue weighted by Gasteiger charge is 2.34. The van der Waals surface area contributed by atoms with E-state index in [4.69, 9.17) is 0 Å². The summed E-state index contributed by atoms with van der Waals surface area (Å²) < 4.78 is 42.9. The van der Waals surface area contributed by atoms with Gasteiger partial charge >= 0.3 is 12.1 Å². The molecular formula is C13H16F3NO2. The first-order valence-electron chi connectivity index (χ1n) is 5.67. The Bertz CT molecular complexity index is 455. The number of methoxy groups -OCH3 is 1. The van der Waals surface area contributed by atoms with Gasteiger partial charge in [-0.1, -0.05) is 18.2 Å². The Morgan fingerprint density at radius 2 is 1.84 bits per heavy atom. The Kier molecular flexibility index (Phi) is 4.57. The molecule has 106 valence electrons. The molecule has 0 aliphatic heterocycles. The zero-order chi connectivity index (χ0) is 14.7. The Morgan fingerprint density at radius 1 is 1.26 bits per heavy atom. The van der Waals surface area contributed by atoms with E-state index in [1.54, 1.807) is 13.8 Å². The molecule has 0 radical (unpaired) electrons. The summed E-state index contributed by atoms with van der Waals surface area (Å²) in [6.07, 6.45) is -4.41. The van der Waals surface area contributed by atoms with Crippen molar-refractivity contribution in [2.75, 3.05) is 7.11 Å². The number of alkyl halides is 3. The molecule has 0 spiro atoms. The van der Waals surface area contributed by atoms with Gasteiger partial charge in [0.2, 0.25) is 0 Å². The van der Waals surface area contributed by atoms with Gasteiger partial charge in [-0.2, -0.15) is 13.2 Å². The minimum atomic E-state index is -4.41. The van der Waals surface area contributed by atoms with Crippen LogP contribution in [0.15, 0.2) is 24.3 Å². The quantitative estimate of drug-likeness (QED) is 0.859. The van der Waals surface area contributed by atoms with Crippen LogP contribution in [-0.4, -0.2) is 18.6 Å². The van der Waals surface area contributed by atoms with E-state index in [1.807, 2.05) is 0 Å². The van der Waals surface area contributed by atoms with Gasteiger partial charge in [0.15, 0.2) is 0 Å². The van der Waals surface area contributed by atoms with Crippen molar-refractivity contribution in [3.05, 3.63) is 35.4 Å². The first kappa shape index (κ1) is 15.5. The zero-order valence-electron chi connectivity index (χ0n) is 11.0. The van der Waals surface area contributed by atoms with Gasteiger partial charge in [-0.25, -0.2) is 0 Å². The van der Waals surface area contributed by atoms with Crippen LogP contribution in [0.2, 0.25) is 0 Å². The van der Waals surface area contributed by atoms with Crippen LogP contribution in [0.1, 0.15) is 25.0 Å². The fourth-order valence-corrected chi connectivity index (χ4v) is 1.59. The SMILES string of the molecule is COC(=O)C(C)(C)NCc1ccccc1C(F)(F)F. The third-order valence-corrected chi connectivity index (χ3v) is 2.74. The first-order valence-corrected chi connectivity index (χ1v) is 5.67. The molecule has 0 saturated carbocycles. The second kappa shape index (κ2) is 5.61. The van der Waals surface area contributed by atoms with Crippen LogP contribution in [-0.2, 0) is 22.3 Å². The lowest BCUT2D eigenvalue weighted by molar-refractivity contribution is -0.147. The van der Waals surface area contributed by atoms with E-state index in [-0.39, 0.29) is 12.1 Å². The largest absolute Gasteiger partial charge is 0.468 e. The summed E-state index contributed by atoms with van der Waals surface area (Å²) in [7, 11) is 1.23. The van der Waals surface area contributed by atoms with Crippen molar-refractivity contribution in [2.24, 2.45) is 0 Å². The molecule has 1 N–H and O–H groups in total. The van der Waals surface area contributed by atoms with Crippen molar-refractivity contribution in [3.8, 4) is 0 Å². The fourth-order valence-electron chi connectivity index (χ4n) is 1.59. The molecule has 0 aliphatic carbocycles. The molecule has 0 fully saturated rings. The molecule has 0 aliphatic rings. The molecule has 1 aromatic rings. The Balaban J connectivity index is 2.87. The summed E-state index contributed by atoms with van der Waals surface area (Å²) in [5.74, 6) is -0.531. The van der Waals surface area contributed by atoms with Crippen molar-refractivity contribution in [2.45, 2.75) is 32.1 Å². The van der Waals surface area contributed by atoms with Crippen LogP contribution in [0.4, 0.5) is 13.2 Å². The van der Waals surface area contributed by atoms with E-state index in [9.17, 15) is 18.0 Å². The second-order valence-electron chi connectivity index (χ2n) is 4.63. The van der Waals surface area contributed by atoms with Gasteiger partial charge in [0.1, 0.15) is 5.54 Å². The van der Waals surface area contributed by atoms with E-state index < -0.39 is 23.2 Å². The third kappa shape index (κ3) is 3.96. The maximum absolute atomic E-state index is 12.8. The van der Waals surface area contributed by atoms with Gasteiger partial charge in [0, 0.05) is 6.54 Å². The summed E-state index contributed by atoms with van der Waals surface area (Å²) in [4.78, 5) is 11.4. The lowest BCUT2D eigenvalue weighted by Crippen LogP contribution is -2.47. The first-order chi connectivity index (χ1) is 8.68. The Hall–Kier alpha value is -1.56. The minimum absolute atomic E-state index is 0.0716. The fraction of sp³-hybridized carbons (Fsp3) is 0.462. The highest BCUT2D eigenvalue weighted by atomic mass is 19.4. The van der Waals surface area contributed by atoms with Crippen LogP contribution >= 0.6 is 0 Å². The van der Waals surface area contributed by atoms with E-state index in [2.05, 4.69) is 10.1 Å². The number of nitrogens with one attached hydrogen (secondary N) is 1. The normalized spacial score (nSPS) is 12.3. The highest BCUT2D eigenvalue weighted by Crippen LogP contribution is 2.31. The number of halogens is 3. The van der Waals surface area contributed by atoms with E-state index >= 15 is 0 Å². The van der Waals surface area contributed by atoms with Gasteiger partial charge in [-0.05, 0) is 25.5 Å². The number of carbonyl (C=O) groups excluding carboxylic acids is 1. The summed E-state index contributed by atoms with van der Waals surface area (Å²) in [6.45, 7) is 3.03. The van der Waals surface area contributed by atoms with E-state index in [1.165, 1.54) is 25.3 Å². The van der Waals surface area contributed by atoms with Gasteiger partial charge in [0.25, 0.3) is 0 Å². The summed E-state index contributed by atoms with van der Waals surface area (Å²) in [5, 5.41) is 2.76. The number of carbonyl (C=O) groups is 1. The molecule has 0 amide bonds. The number of ether oxygens (including phenoxy) is 1. The summed E-state index contributed by atoms with van der Waals surface area (Å²) >= 11 is 0. The van der Waals surface area contributed by atoms with Gasteiger partial charge in [-0.15, -0.1) is 0 Å². The molecule has 3 nitrogen and oxygen atoms in total. The molecule has 6 heteroatoms. The van der Waals surface area contributed by atoms with Crippen LogP contribution < -0.4 is 5.32 Å². The average molecular weight is 275 g/mol. The maximum Gasteiger partial charge on any atom is 0.416 e. The Labute approximate surface area is 109 Å². The topological polar surface area (TPSA) is 38.3 Å². The zero-order valence-corrected chi connectivity index (χ0v) is 11.0. The third-order valence-electron chi connectivity index (χ3n) is 2.74. The van der Waals surface area contributed by atoms with Crippen LogP contribution in [0.3, 0.4) is 0 Å². The lowest BCUT2D eigenvalue weighted by atomic mass is 10.0. The number of benzene rings is 1. The molecule has 1 rings (SSSR count). The molecule has 0 atom stereocenters. The predicted molar refractivity (Wildman–Crippen MR) is 64.4 cm³/mol. The second-order valence-corrected chi connectivity index (χ2v) is 4.63. The van der Waals surface area contributed by atoms with Crippen molar-refractivity contribution < 1.29 is 22.7 Å². The molecule has 1 aromatic carbocycles. The number of rotatable bonds is 4. The van der Waals surface area contributed by atoms with Crippen LogP contribution in [0.5, 0.6) is 0 Å². The van der Waals surface area contributed by atoms with Crippen LogP contribution in [0.25, 0.3) is 0 Å². The molecule has 0 unspecified atom stereocenters. The number of hydrogen-bond acceptors (Lipinski definition) is 3. The molecule has 0 saturated heterocycles. The molecule has 19 heavy (non-hydrogen) atoms. The van der Waals surface area contributed by atoms with Crippen LogP contribution in [0, 0.1) is 0 Å². The average Bonchev–Trinajstić information content (AvgIpc) is 2.34. The number of hydrogen-bond donors (Lipinski definition) is 1. The Morgan fingerprint density at radius 3 is 2.37 bits per heavy atom. The van der Waals surface area contributed by atoms with Gasteiger partial charge < -0.3 is 4.74 Å². The smallest absolute Gasteiger partial charge is 0.416 e. The van der Waals surface area contributed by atoms with Crippen molar-refractivity contribution in [1.29, 1.82) is 0 Å². The van der Waals surface area contributed by atoms with Gasteiger partial charge in [-0.3, -0.25) is 10.1 Å². The van der Waals surface area contributed by atoms with Gasteiger partial charge in [0.05, 0.1) is 12.7 Å². The van der Waals surface area contributed by atoms with E-state index in [0.717, 1.165) is 6.07 Å². The summed E-state index contributed by atoms with van der Waals surface area (Å²) in [5.41, 5.74) is -1.66. The molecule has 0 bridgehead atoms. The minimum Gasteiger partial charge on any atom is -0.468 e. The predicted octanol–water partition coefficient (Wildman–Crippen LogP) is 2.75.